The van der Waals surface area contributed by atoms with Gasteiger partial charge in [0.25, 0.3) is 0 Å². The fraction of sp³-hybridized carbons (Fsp3) is 0.533. The van der Waals surface area contributed by atoms with Crippen molar-refractivity contribution in [3.8, 4) is 0 Å². The smallest absolute Gasteiger partial charge is 0.179 e. The van der Waals surface area contributed by atoms with Gasteiger partial charge in [-0.25, -0.2) is 0 Å². The van der Waals surface area contributed by atoms with Gasteiger partial charge in [-0.15, -0.1) is 0 Å². The highest BCUT2D eigenvalue weighted by Crippen LogP contribution is 2.13. The maximum atomic E-state index is 12.1. The molecule has 17 heavy (non-hydrogen) atoms. The first kappa shape index (κ1) is 13.9. The van der Waals surface area contributed by atoms with Crippen LogP contribution in [0.2, 0.25) is 0 Å². The summed E-state index contributed by atoms with van der Waals surface area (Å²) in [5.41, 5.74) is 7.96. The minimum atomic E-state index is -0.378. The Hall–Kier alpha value is -1.15. The van der Waals surface area contributed by atoms with E-state index in [1.54, 1.807) is 0 Å². The molecule has 0 radical (unpaired) electrons. The van der Waals surface area contributed by atoms with Crippen LogP contribution in [-0.2, 0) is 6.42 Å². The van der Waals surface area contributed by atoms with E-state index in [4.69, 9.17) is 5.73 Å². The molecule has 2 nitrogen and oxygen atoms in total. The monoisotopic (exact) mass is 233 g/mol. The molecule has 94 valence electrons. The van der Waals surface area contributed by atoms with Crippen molar-refractivity contribution in [3.05, 3.63) is 35.4 Å². The average Bonchev–Trinajstić information content (AvgIpc) is 2.37. The van der Waals surface area contributed by atoms with Gasteiger partial charge in [0.1, 0.15) is 0 Å². The summed E-state index contributed by atoms with van der Waals surface area (Å²) in [6.07, 6.45) is 3.12. The number of aryl methyl sites for hydroxylation is 1. The summed E-state index contributed by atoms with van der Waals surface area (Å²) in [5, 5.41) is 0. The number of rotatable bonds is 6. The third kappa shape index (κ3) is 3.67. The van der Waals surface area contributed by atoms with Crippen molar-refractivity contribution in [1.82, 2.24) is 0 Å². The molecule has 0 aromatic heterocycles. The Morgan fingerprint density at radius 3 is 2.29 bits per heavy atom. The van der Waals surface area contributed by atoms with Crippen LogP contribution < -0.4 is 5.73 Å². The van der Waals surface area contributed by atoms with Crippen LogP contribution in [0.4, 0.5) is 0 Å². The molecule has 2 unspecified atom stereocenters. The third-order valence-corrected chi connectivity index (χ3v) is 3.34. The largest absolute Gasteiger partial charge is 0.321 e. The highest BCUT2D eigenvalue weighted by Gasteiger charge is 2.20. The molecule has 0 bridgehead atoms. The Balaban J connectivity index is 2.75. The van der Waals surface area contributed by atoms with Gasteiger partial charge in [-0.1, -0.05) is 57.9 Å². The number of benzene rings is 1. The predicted octanol–water partition coefficient (Wildman–Crippen LogP) is 3.20. The average molecular weight is 233 g/mol. The first-order chi connectivity index (χ1) is 8.10. The summed E-state index contributed by atoms with van der Waals surface area (Å²) in [6, 6.07) is 7.47. The Morgan fingerprint density at radius 1 is 1.24 bits per heavy atom. The van der Waals surface area contributed by atoms with Gasteiger partial charge in [-0.05, 0) is 17.9 Å². The van der Waals surface area contributed by atoms with Crippen LogP contribution in [0.25, 0.3) is 0 Å². The minimum Gasteiger partial charge on any atom is -0.321 e. The van der Waals surface area contributed by atoms with Crippen molar-refractivity contribution in [2.75, 3.05) is 0 Å². The number of carbonyl (C=O) groups is 1. The van der Waals surface area contributed by atoms with E-state index in [0.29, 0.717) is 0 Å². The van der Waals surface area contributed by atoms with E-state index in [2.05, 4.69) is 13.8 Å². The fourth-order valence-corrected chi connectivity index (χ4v) is 1.83. The highest BCUT2D eigenvalue weighted by molar-refractivity contribution is 6.00. The number of hydrogen-bond donors (Lipinski definition) is 1. The quantitative estimate of drug-likeness (QED) is 0.767. The molecule has 0 spiro atoms. The Bertz CT molecular complexity index is 356. The number of ketones is 1. The summed E-state index contributed by atoms with van der Waals surface area (Å²) < 4.78 is 0. The zero-order chi connectivity index (χ0) is 12.8. The number of nitrogens with two attached hydrogens (primary N) is 1. The minimum absolute atomic E-state index is 0.0578. The van der Waals surface area contributed by atoms with Crippen LogP contribution in [0.1, 0.15) is 49.5 Å². The first-order valence-electron chi connectivity index (χ1n) is 6.48. The second-order valence-electron chi connectivity index (χ2n) is 4.72. The normalized spacial score (nSPS) is 14.4. The molecule has 1 aromatic rings. The summed E-state index contributed by atoms with van der Waals surface area (Å²) >= 11 is 0. The van der Waals surface area contributed by atoms with Crippen LogP contribution in [0.5, 0.6) is 0 Å². The van der Waals surface area contributed by atoms with Gasteiger partial charge in [0.05, 0.1) is 6.04 Å². The number of carbonyl (C=O) groups excluding carboxylic acids is 1. The molecule has 2 atom stereocenters. The van der Waals surface area contributed by atoms with Gasteiger partial charge in [0.15, 0.2) is 5.78 Å². The van der Waals surface area contributed by atoms with Crippen molar-refractivity contribution in [3.63, 3.8) is 0 Å². The van der Waals surface area contributed by atoms with Crippen molar-refractivity contribution in [2.24, 2.45) is 11.7 Å². The first-order valence-corrected chi connectivity index (χ1v) is 6.48. The van der Waals surface area contributed by atoms with Gasteiger partial charge in [-0.2, -0.15) is 0 Å². The van der Waals surface area contributed by atoms with Crippen LogP contribution in [0.3, 0.4) is 0 Å². The fourth-order valence-electron chi connectivity index (χ4n) is 1.83. The molecule has 0 saturated carbocycles. The maximum Gasteiger partial charge on any atom is 0.179 e. The second-order valence-corrected chi connectivity index (χ2v) is 4.72. The van der Waals surface area contributed by atoms with Crippen molar-refractivity contribution < 1.29 is 4.79 Å². The summed E-state index contributed by atoms with van der Waals surface area (Å²) in [6.45, 7) is 6.23. The standard InChI is InChI=1S/C15H23NO/c1-4-6-12-7-9-13(10-8-12)15(17)14(16)11(3)5-2/h7-11,14H,4-6,16H2,1-3H3. The summed E-state index contributed by atoms with van der Waals surface area (Å²) in [7, 11) is 0. The Kier molecular flexibility index (Phi) is 5.36. The highest BCUT2D eigenvalue weighted by atomic mass is 16.1. The molecular weight excluding hydrogens is 210 g/mol. The lowest BCUT2D eigenvalue weighted by Gasteiger charge is -2.17. The topological polar surface area (TPSA) is 43.1 Å². The molecular formula is C15H23NO. The van der Waals surface area contributed by atoms with Gasteiger partial charge in [0, 0.05) is 5.56 Å². The van der Waals surface area contributed by atoms with E-state index < -0.39 is 0 Å². The third-order valence-electron chi connectivity index (χ3n) is 3.34. The van der Waals surface area contributed by atoms with Gasteiger partial charge in [-0.3, -0.25) is 4.79 Å². The van der Waals surface area contributed by atoms with Crippen LogP contribution in [0, 0.1) is 5.92 Å². The molecule has 0 aliphatic rings. The van der Waals surface area contributed by atoms with E-state index in [1.165, 1.54) is 5.56 Å². The molecule has 0 aliphatic heterocycles. The van der Waals surface area contributed by atoms with E-state index >= 15 is 0 Å². The molecule has 0 fully saturated rings. The lowest BCUT2D eigenvalue weighted by Crippen LogP contribution is -2.36. The number of hydrogen-bond acceptors (Lipinski definition) is 2. The zero-order valence-electron chi connectivity index (χ0n) is 11.1. The molecule has 1 aromatic carbocycles. The van der Waals surface area contributed by atoms with Crippen molar-refractivity contribution in [1.29, 1.82) is 0 Å². The van der Waals surface area contributed by atoms with Gasteiger partial charge < -0.3 is 5.73 Å². The zero-order valence-corrected chi connectivity index (χ0v) is 11.1. The molecule has 2 heteroatoms. The Labute approximate surface area is 104 Å². The van der Waals surface area contributed by atoms with Crippen LogP contribution in [0.15, 0.2) is 24.3 Å². The SMILES string of the molecule is CCCc1ccc(C(=O)C(N)C(C)CC)cc1. The lowest BCUT2D eigenvalue weighted by molar-refractivity contribution is 0.0935. The van der Waals surface area contributed by atoms with Crippen molar-refractivity contribution >= 4 is 5.78 Å². The van der Waals surface area contributed by atoms with Crippen LogP contribution >= 0.6 is 0 Å². The summed E-state index contributed by atoms with van der Waals surface area (Å²) in [5.74, 6) is 0.292. The van der Waals surface area contributed by atoms with Gasteiger partial charge >= 0.3 is 0 Å². The van der Waals surface area contributed by atoms with Gasteiger partial charge in [0.2, 0.25) is 0 Å². The second kappa shape index (κ2) is 6.55. The molecule has 0 saturated heterocycles. The van der Waals surface area contributed by atoms with E-state index in [-0.39, 0.29) is 17.7 Å². The maximum absolute atomic E-state index is 12.1. The molecule has 0 heterocycles. The number of Topliss-reactive ketones (excluding diaryl/α,β-unsaturated/α-hetero) is 1. The van der Waals surface area contributed by atoms with Crippen LogP contribution in [-0.4, -0.2) is 11.8 Å². The lowest BCUT2D eigenvalue weighted by atomic mass is 9.92. The molecule has 0 amide bonds. The van der Waals surface area contributed by atoms with E-state index in [9.17, 15) is 4.79 Å². The van der Waals surface area contributed by atoms with E-state index in [1.807, 2.05) is 31.2 Å². The summed E-state index contributed by atoms with van der Waals surface area (Å²) in [4.78, 5) is 12.1. The molecule has 0 aliphatic carbocycles. The Morgan fingerprint density at radius 2 is 1.82 bits per heavy atom. The predicted molar refractivity (Wildman–Crippen MR) is 72.2 cm³/mol. The molecule has 1 rings (SSSR count). The van der Waals surface area contributed by atoms with Crippen molar-refractivity contribution in [2.45, 2.75) is 46.1 Å². The van der Waals surface area contributed by atoms with E-state index in [0.717, 1.165) is 24.8 Å². The molecule has 2 N–H and O–H groups in total.